The molecule has 2 aromatic rings. The molecule has 2 N–H and O–H groups in total. The Balaban J connectivity index is 1.34. The molecule has 0 saturated heterocycles. The molecule has 1 aliphatic rings. The van der Waals surface area contributed by atoms with Gasteiger partial charge in [-0.15, -0.1) is 0 Å². The van der Waals surface area contributed by atoms with E-state index in [1.165, 1.54) is 64.3 Å². The van der Waals surface area contributed by atoms with Gasteiger partial charge < -0.3 is 10.6 Å². The Morgan fingerprint density at radius 3 is 1.73 bits per heavy atom. The number of nitrogens with zero attached hydrogens (tertiary/aromatic N) is 1. The summed E-state index contributed by atoms with van der Waals surface area (Å²) >= 11 is 0. The molecule has 1 heterocycles. The van der Waals surface area contributed by atoms with Gasteiger partial charge in [0.2, 0.25) is 0 Å². The van der Waals surface area contributed by atoms with Crippen LogP contribution in [0.3, 0.4) is 0 Å². The highest BCUT2D eigenvalue weighted by atomic mass is 16.2. The van der Waals surface area contributed by atoms with Gasteiger partial charge in [0.1, 0.15) is 0 Å². The largest absolute Gasteiger partial charge is 0.337 e. The summed E-state index contributed by atoms with van der Waals surface area (Å²) in [5.41, 5.74) is 3.96. The van der Waals surface area contributed by atoms with Crippen LogP contribution < -0.4 is 15.5 Å². The minimum absolute atomic E-state index is 0.0509. The van der Waals surface area contributed by atoms with E-state index in [1.807, 2.05) is 41.3 Å². The fraction of sp³-hybridized carbons (Fsp3) is 0.483. The Morgan fingerprint density at radius 1 is 0.667 bits per heavy atom. The minimum atomic E-state index is -0.0509. The fourth-order valence-electron chi connectivity index (χ4n) is 4.35. The average molecular weight is 448 g/mol. The number of hydrogen-bond acceptors (Lipinski definition) is 2. The van der Waals surface area contributed by atoms with Crippen LogP contribution in [0.4, 0.5) is 16.2 Å². The molecule has 2 amide bonds. The van der Waals surface area contributed by atoms with Crippen molar-refractivity contribution in [1.82, 2.24) is 10.6 Å². The van der Waals surface area contributed by atoms with Crippen LogP contribution in [-0.2, 0) is 0 Å². The Hall–Kier alpha value is -2.59. The molecule has 0 aromatic heterocycles. The summed E-state index contributed by atoms with van der Waals surface area (Å²) < 4.78 is 0. The molecule has 0 spiro atoms. The van der Waals surface area contributed by atoms with Gasteiger partial charge in [-0.05, 0) is 55.6 Å². The summed E-state index contributed by atoms with van der Waals surface area (Å²) in [6.45, 7) is 5.30. The van der Waals surface area contributed by atoms with E-state index >= 15 is 0 Å². The highest BCUT2D eigenvalue weighted by molar-refractivity contribution is 6.05. The van der Waals surface area contributed by atoms with E-state index in [0.29, 0.717) is 0 Å². The van der Waals surface area contributed by atoms with Crippen molar-refractivity contribution in [3.8, 4) is 0 Å². The van der Waals surface area contributed by atoms with E-state index in [1.54, 1.807) is 0 Å². The predicted octanol–water partition coefficient (Wildman–Crippen LogP) is 7.53. The number of anilines is 2. The maximum Gasteiger partial charge on any atom is 0.326 e. The van der Waals surface area contributed by atoms with Crippen LogP contribution >= 0.6 is 0 Å². The first-order chi connectivity index (χ1) is 16.3. The average Bonchev–Trinajstić information content (AvgIpc) is 3.01. The van der Waals surface area contributed by atoms with Crippen LogP contribution in [0.25, 0.3) is 12.2 Å². The number of fused-ring (bicyclic) bond motifs is 2. The molecule has 2 aromatic carbocycles. The molecule has 0 bridgehead atoms. The number of rotatable bonds is 14. The van der Waals surface area contributed by atoms with Crippen molar-refractivity contribution in [1.29, 1.82) is 0 Å². The lowest BCUT2D eigenvalue weighted by molar-refractivity contribution is 0.248. The van der Waals surface area contributed by atoms with Crippen molar-refractivity contribution < 1.29 is 4.79 Å². The maximum atomic E-state index is 13.2. The quantitative estimate of drug-likeness (QED) is 0.294. The molecule has 0 radical (unpaired) electrons. The zero-order chi connectivity index (χ0) is 23.1. The van der Waals surface area contributed by atoms with Crippen LogP contribution in [0, 0.1) is 0 Å². The van der Waals surface area contributed by atoms with E-state index in [0.717, 1.165) is 42.0 Å². The van der Waals surface area contributed by atoms with E-state index in [2.05, 4.69) is 41.8 Å². The smallest absolute Gasteiger partial charge is 0.326 e. The van der Waals surface area contributed by atoms with Crippen molar-refractivity contribution in [2.75, 3.05) is 24.5 Å². The molecule has 0 saturated carbocycles. The standard InChI is InChI=1S/C29H41N3O/c1-2-3-13-22-30-23-14-7-5-4-6-8-15-24-31-29(33)32-27-18-11-9-16-25(27)20-21-26-17-10-12-19-28(26)32/h9-12,16-21,30H,2-8,13-15,22-24H2,1H3,(H,31,33). The van der Waals surface area contributed by atoms with Crippen LogP contribution in [0.1, 0.15) is 82.3 Å². The fourth-order valence-corrected chi connectivity index (χ4v) is 4.35. The first-order valence-electron chi connectivity index (χ1n) is 13.0. The first-order valence-corrected chi connectivity index (χ1v) is 13.0. The van der Waals surface area contributed by atoms with Gasteiger partial charge in [-0.25, -0.2) is 4.79 Å². The normalized spacial score (nSPS) is 12.2. The Morgan fingerprint density at radius 2 is 1.15 bits per heavy atom. The van der Waals surface area contributed by atoms with E-state index in [4.69, 9.17) is 0 Å². The Bertz CT molecular complexity index is 827. The van der Waals surface area contributed by atoms with Crippen LogP contribution in [0.5, 0.6) is 0 Å². The molecule has 3 rings (SSSR count). The molecule has 4 nitrogen and oxygen atoms in total. The van der Waals surface area contributed by atoms with Crippen molar-refractivity contribution in [3.63, 3.8) is 0 Å². The summed E-state index contributed by atoms with van der Waals surface area (Å²) in [6, 6.07) is 16.1. The second kappa shape index (κ2) is 14.5. The number of benzene rings is 2. The molecule has 0 fully saturated rings. The third kappa shape index (κ3) is 8.04. The minimum Gasteiger partial charge on any atom is -0.337 e. The van der Waals surface area contributed by atoms with Gasteiger partial charge >= 0.3 is 6.03 Å². The Kier molecular flexibility index (Phi) is 11.0. The predicted molar refractivity (Wildman–Crippen MR) is 142 cm³/mol. The number of unbranched alkanes of at least 4 members (excludes halogenated alkanes) is 8. The zero-order valence-corrected chi connectivity index (χ0v) is 20.3. The topological polar surface area (TPSA) is 44.4 Å². The zero-order valence-electron chi connectivity index (χ0n) is 20.3. The van der Waals surface area contributed by atoms with Crippen molar-refractivity contribution >= 4 is 29.6 Å². The number of hydrogen-bond donors (Lipinski definition) is 2. The second-order valence-electron chi connectivity index (χ2n) is 8.95. The molecule has 4 heteroatoms. The molecule has 178 valence electrons. The second-order valence-corrected chi connectivity index (χ2v) is 8.95. The summed E-state index contributed by atoms with van der Waals surface area (Å²) in [6.07, 6.45) is 16.8. The monoisotopic (exact) mass is 447 g/mol. The van der Waals surface area contributed by atoms with Gasteiger partial charge in [-0.3, -0.25) is 4.90 Å². The number of para-hydroxylation sites is 2. The van der Waals surface area contributed by atoms with Crippen LogP contribution in [0.15, 0.2) is 48.5 Å². The Labute approximate surface area is 200 Å². The summed E-state index contributed by atoms with van der Waals surface area (Å²) in [7, 11) is 0. The van der Waals surface area contributed by atoms with Gasteiger partial charge in [0.15, 0.2) is 0 Å². The van der Waals surface area contributed by atoms with E-state index in [-0.39, 0.29) is 6.03 Å². The van der Waals surface area contributed by atoms with Gasteiger partial charge in [0.05, 0.1) is 11.4 Å². The van der Waals surface area contributed by atoms with Gasteiger partial charge in [0, 0.05) is 6.54 Å². The number of carbonyl (C=O) groups excluding carboxylic acids is 1. The van der Waals surface area contributed by atoms with Gasteiger partial charge in [-0.2, -0.15) is 0 Å². The van der Waals surface area contributed by atoms with Gasteiger partial charge in [0.25, 0.3) is 0 Å². The van der Waals surface area contributed by atoms with E-state index in [9.17, 15) is 4.79 Å². The molecule has 1 aliphatic heterocycles. The number of nitrogens with one attached hydrogen (secondary N) is 2. The number of urea groups is 1. The summed E-state index contributed by atoms with van der Waals surface area (Å²) in [5, 5.41) is 6.70. The first kappa shape index (κ1) is 25.0. The lowest BCUT2D eigenvalue weighted by Crippen LogP contribution is -2.37. The number of carbonyl (C=O) groups is 1. The molecule has 0 aliphatic carbocycles. The van der Waals surface area contributed by atoms with Crippen molar-refractivity contribution in [2.24, 2.45) is 0 Å². The van der Waals surface area contributed by atoms with Crippen molar-refractivity contribution in [3.05, 3.63) is 59.7 Å². The third-order valence-electron chi connectivity index (χ3n) is 6.26. The molecule has 0 atom stereocenters. The van der Waals surface area contributed by atoms with Crippen molar-refractivity contribution in [2.45, 2.75) is 71.1 Å². The highest BCUT2D eigenvalue weighted by Crippen LogP contribution is 2.36. The van der Waals surface area contributed by atoms with Crippen LogP contribution in [0.2, 0.25) is 0 Å². The molecule has 0 unspecified atom stereocenters. The van der Waals surface area contributed by atoms with E-state index < -0.39 is 0 Å². The number of amides is 2. The third-order valence-corrected chi connectivity index (χ3v) is 6.26. The molecule has 33 heavy (non-hydrogen) atoms. The summed E-state index contributed by atoms with van der Waals surface area (Å²) in [4.78, 5) is 15.0. The maximum absolute atomic E-state index is 13.2. The SMILES string of the molecule is CCCCCNCCCCCCCCCNC(=O)N1c2ccccc2C=Cc2ccccc21. The highest BCUT2D eigenvalue weighted by Gasteiger charge is 2.23. The van der Waals surface area contributed by atoms with Crippen LogP contribution in [-0.4, -0.2) is 25.7 Å². The molecular weight excluding hydrogens is 406 g/mol. The van der Waals surface area contributed by atoms with Gasteiger partial charge in [-0.1, -0.05) is 100 Å². The molecular formula is C29H41N3O. The lowest BCUT2D eigenvalue weighted by atomic mass is 10.1. The summed E-state index contributed by atoms with van der Waals surface area (Å²) in [5.74, 6) is 0. The lowest BCUT2D eigenvalue weighted by Gasteiger charge is -2.25.